The zero-order valence-electron chi connectivity index (χ0n) is 15.3. The lowest BCUT2D eigenvalue weighted by Gasteiger charge is -2.07. The zero-order valence-corrected chi connectivity index (χ0v) is 15.3. The third-order valence-corrected chi connectivity index (χ3v) is 4.34. The Morgan fingerprint density at radius 3 is 2.75 bits per heavy atom. The number of hydrogen-bond donors (Lipinski definition) is 1. The number of amides is 1. The van der Waals surface area contributed by atoms with Gasteiger partial charge >= 0.3 is 6.18 Å². The van der Waals surface area contributed by atoms with Crippen molar-refractivity contribution in [2.75, 3.05) is 6.54 Å². The van der Waals surface area contributed by atoms with Crippen LogP contribution in [0.15, 0.2) is 54.6 Å². The van der Waals surface area contributed by atoms with Gasteiger partial charge in [-0.2, -0.15) is 13.2 Å². The largest absolute Gasteiger partial charge is 0.416 e. The Balaban J connectivity index is 1.51. The van der Waals surface area contributed by atoms with Gasteiger partial charge in [-0.1, -0.05) is 24.3 Å². The van der Waals surface area contributed by atoms with Crippen molar-refractivity contribution in [3.05, 3.63) is 71.6 Å². The Kier molecular flexibility index (Phi) is 5.82. The van der Waals surface area contributed by atoms with Crippen LogP contribution in [-0.2, 0) is 17.5 Å². The standard InChI is InChI=1S/C21H20F3N3O/c1-15-26-18-8-2-3-9-19(18)27(15)13-5-12-25-20(28)11-10-16-6-4-7-17(14-16)21(22,23)24/h2-4,6-11,14H,5,12-13H2,1H3,(H,25,28)/b11-10+. The van der Waals surface area contributed by atoms with E-state index in [-0.39, 0.29) is 5.91 Å². The van der Waals surface area contributed by atoms with Gasteiger partial charge in [-0.15, -0.1) is 0 Å². The molecule has 0 unspecified atom stereocenters. The minimum absolute atomic E-state index is 0.325. The average Bonchev–Trinajstić information content (AvgIpc) is 2.98. The SMILES string of the molecule is Cc1nc2ccccc2n1CCCNC(=O)/C=C/c1cccc(C(F)(F)F)c1. The van der Waals surface area contributed by atoms with Crippen LogP contribution in [0.3, 0.4) is 0 Å². The van der Waals surface area contributed by atoms with Gasteiger partial charge in [-0.25, -0.2) is 4.98 Å². The number of nitrogens with zero attached hydrogens (tertiary/aromatic N) is 2. The summed E-state index contributed by atoms with van der Waals surface area (Å²) in [4.78, 5) is 16.4. The molecule has 1 amide bonds. The number of carbonyl (C=O) groups excluding carboxylic acids is 1. The van der Waals surface area contributed by atoms with Crippen LogP contribution >= 0.6 is 0 Å². The number of aryl methyl sites for hydroxylation is 2. The first-order valence-electron chi connectivity index (χ1n) is 8.89. The number of imidazole rings is 1. The first-order chi connectivity index (χ1) is 13.3. The fraction of sp³-hybridized carbons (Fsp3) is 0.238. The molecule has 0 atom stereocenters. The van der Waals surface area contributed by atoms with Gasteiger partial charge in [0.1, 0.15) is 5.82 Å². The Labute approximate surface area is 160 Å². The number of benzene rings is 2. The summed E-state index contributed by atoms with van der Waals surface area (Å²) in [6.45, 7) is 3.11. The second-order valence-electron chi connectivity index (χ2n) is 6.40. The Morgan fingerprint density at radius 2 is 1.96 bits per heavy atom. The molecule has 2 aromatic carbocycles. The fourth-order valence-corrected chi connectivity index (χ4v) is 2.98. The van der Waals surface area contributed by atoms with Gasteiger partial charge < -0.3 is 9.88 Å². The van der Waals surface area contributed by atoms with Gasteiger partial charge in [0.05, 0.1) is 16.6 Å². The minimum atomic E-state index is -4.40. The molecule has 7 heteroatoms. The molecule has 3 rings (SSSR count). The van der Waals surface area contributed by atoms with Crippen LogP contribution in [0.4, 0.5) is 13.2 Å². The predicted octanol–water partition coefficient (Wildman–Crippen LogP) is 4.58. The summed E-state index contributed by atoms with van der Waals surface area (Å²) in [6, 6.07) is 12.7. The van der Waals surface area contributed by atoms with Crippen LogP contribution in [0, 0.1) is 6.92 Å². The zero-order chi connectivity index (χ0) is 20.1. The van der Waals surface area contributed by atoms with E-state index in [9.17, 15) is 18.0 Å². The van der Waals surface area contributed by atoms with Crippen molar-refractivity contribution in [3.8, 4) is 0 Å². The Bertz CT molecular complexity index is 1010. The van der Waals surface area contributed by atoms with Crippen molar-refractivity contribution in [2.45, 2.75) is 26.1 Å². The van der Waals surface area contributed by atoms with Gasteiger partial charge in [-0.05, 0) is 49.2 Å². The van der Waals surface area contributed by atoms with E-state index in [1.54, 1.807) is 0 Å². The number of alkyl halides is 3. The van der Waals surface area contributed by atoms with Crippen LogP contribution in [0.2, 0.25) is 0 Å². The average molecular weight is 387 g/mol. The molecule has 1 heterocycles. The lowest BCUT2D eigenvalue weighted by molar-refractivity contribution is -0.137. The van der Waals surface area contributed by atoms with Crippen molar-refractivity contribution in [2.24, 2.45) is 0 Å². The van der Waals surface area contributed by atoms with Crippen molar-refractivity contribution >= 4 is 23.0 Å². The van der Waals surface area contributed by atoms with Gasteiger partial charge in [-0.3, -0.25) is 4.79 Å². The molecule has 0 saturated heterocycles. The highest BCUT2D eigenvalue weighted by Gasteiger charge is 2.30. The van der Waals surface area contributed by atoms with Crippen molar-refractivity contribution in [1.29, 1.82) is 0 Å². The summed E-state index contributed by atoms with van der Waals surface area (Å²) >= 11 is 0. The normalized spacial score (nSPS) is 12.0. The van der Waals surface area contributed by atoms with Gasteiger partial charge in [0.25, 0.3) is 0 Å². The number of carbonyl (C=O) groups is 1. The highest BCUT2D eigenvalue weighted by Crippen LogP contribution is 2.29. The summed E-state index contributed by atoms with van der Waals surface area (Å²) in [5.74, 6) is 0.571. The lowest BCUT2D eigenvalue weighted by atomic mass is 10.1. The molecular formula is C21H20F3N3O. The number of nitrogens with one attached hydrogen (secondary N) is 1. The van der Waals surface area contributed by atoms with Gasteiger partial charge in [0, 0.05) is 19.2 Å². The third kappa shape index (κ3) is 4.79. The van der Waals surface area contributed by atoms with E-state index in [0.717, 1.165) is 29.0 Å². The molecule has 0 aliphatic carbocycles. The van der Waals surface area contributed by atoms with E-state index in [0.29, 0.717) is 25.1 Å². The first-order valence-corrected chi connectivity index (χ1v) is 8.89. The smallest absolute Gasteiger partial charge is 0.352 e. The summed E-state index contributed by atoms with van der Waals surface area (Å²) in [7, 11) is 0. The Morgan fingerprint density at radius 1 is 1.18 bits per heavy atom. The summed E-state index contributed by atoms with van der Waals surface area (Å²) in [5, 5.41) is 2.75. The second kappa shape index (κ2) is 8.29. The quantitative estimate of drug-likeness (QED) is 0.497. The molecule has 146 valence electrons. The molecule has 0 radical (unpaired) electrons. The number of para-hydroxylation sites is 2. The number of hydrogen-bond acceptors (Lipinski definition) is 2. The van der Waals surface area contributed by atoms with Crippen LogP contribution in [-0.4, -0.2) is 22.0 Å². The molecular weight excluding hydrogens is 367 g/mol. The number of halogens is 3. The highest BCUT2D eigenvalue weighted by atomic mass is 19.4. The molecule has 0 aliphatic rings. The monoisotopic (exact) mass is 387 g/mol. The molecule has 0 aliphatic heterocycles. The van der Waals surface area contributed by atoms with E-state index in [1.165, 1.54) is 24.3 Å². The van der Waals surface area contributed by atoms with Crippen LogP contribution in [0.1, 0.15) is 23.4 Å². The van der Waals surface area contributed by atoms with Crippen LogP contribution in [0.25, 0.3) is 17.1 Å². The maximum atomic E-state index is 12.7. The van der Waals surface area contributed by atoms with Gasteiger partial charge in [0.15, 0.2) is 0 Å². The molecule has 0 saturated carbocycles. The van der Waals surface area contributed by atoms with E-state index < -0.39 is 11.7 Å². The molecule has 0 spiro atoms. The minimum Gasteiger partial charge on any atom is -0.352 e. The Hall–Kier alpha value is -3.09. The molecule has 3 aromatic rings. The van der Waals surface area contributed by atoms with Gasteiger partial charge in [0.2, 0.25) is 5.91 Å². The predicted molar refractivity (Wildman–Crippen MR) is 103 cm³/mol. The molecule has 4 nitrogen and oxygen atoms in total. The maximum absolute atomic E-state index is 12.7. The number of rotatable bonds is 6. The van der Waals surface area contributed by atoms with Crippen molar-refractivity contribution in [1.82, 2.24) is 14.9 Å². The highest BCUT2D eigenvalue weighted by molar-refractivity contribution is 5.91. The van der Waals surface area contributed by atoms with E-state index in [2.05, 4.69) is 14.9 Å². The second-order valence-corrected chi connectivity index (χ2v) is 6.40. The van der Waals surface area contributed by atoms with E-state index in [4.69, 9.17) is 0 Å². The molecule has 28 heavy (non-hydrogen) atoms. The van der Waals surface area contributed by atoms with Crippen LogP contribution in [0.5, 0.6) is 0 Å². The molecule has 0 bridgehead atoms. The van der Waals surface area contributed by atoms with Crippen molar-refractivity contribution in [3.63, 3.8) is 0 Å². The first kappa shape index (κ1) is 19.7. The summed E-state index contributed by atoms with van der Waals surface area (Å²) in [6.07, 6.45) is -1.07. The summed E-state index contributed by atoms with van der Waals surface area (Å²) < 4.78 is 40.2. The molecule has 1 N–H and O–H groups in total. The van der Waals surface area contributed by atoms with E-state index >= 15 is 0 Å². The maximum Gasteiger partial charge on any atom is 0.416 e. The van der Waals surface area contributed by atoms with Crippen molar-refractivity contribution < 1.29 is 18.0 Å². The third-order valence-electron chi connectivity index (χ3n) is 4.34. The number of fused-ring (bicyclic) bond motifs is 1. The summed E-state index contributed by atoms with van der Waals surface area (Å²) in [5.41, 5.74) is 1.58. The van der Waals surface area contributed by atoms with E-state index in [1.807, 2.05) is 31.2 Å². The molecule has 0 fully saturated rings. The topological polar surface area (TPSA) is 46.9 Å². The lowest BCUT2D eigenvalue weighted by Crippen LogP contribution is -2.23. The fourth-order valence-electron chi connectivity index (χ4n) is 2.98. The van der Waals surface area contributed by atoms with Crippen LogP contribution < -0.4 is 5.32 Å². The number of aromatic nitrogens is 2. The molecule has 1 aromatic heterocycles.